The third-order valence-electron chi connectivity index (χ3n) is 3.28. The number of rotatable bonds is 5. The maximum absolute atomic E-state index is 9.90. The third kappa shape index (κ3) is 4.10. The van der Waals surface area contributed by atoms with Crippen molar-refractivity contribution in [3.8, 4) is 5.75 Å². The molecule has 1 heterocycles. The highest BCUT2D eigenvalue weighted by Crippen LogP contribution is 2.31. The standard InChI is InChI=1S/C15H22ClNO2/c1-4-17(10-15(2,3)18)9-13-8-11-7-12(16)5-6-14(11)19-13/h5-7,13,18H,4,8-10H2,1-3H3. The second-order valence-electron chi connectivity index (χ2n) is 5.84. The number of hydrogen-bond donors (Lipinski definition) is 1. The fourth-order valence-corrected chi connectivity index (χ4v) is 2.73. The molecule has 2 rings (SSSR count). The number of fused-ring (bicyclic) bond motifs is 1. The predicted octanol–water partition coefficient (Wildman–Crippen LogP) is 2.74. The Bertz CT molecular complexity index is 442. The van der Waals surface area contributed by atoms with Crippen molar-refractivity contribution in [3.63, 3.8) is 0 Å². The Morgan fingerprint density at radius 3 is 2.84 bits per heavy atom. The lowest BCUT2D eigenvalue weighted by molar-refractivity contribution is 0.0266. The molecule has 19 heavy (non-hydrogen) atoms. The molecule has 1 atom stereocenters. The average molecular weight is 284 g/mol. The van der Waals surface area contributed by atoms with Crippen LogP contribution in [0.4, 0.5) is 0 Å². The van der Waals surface area contributed by atoms with Crippen LogP contribution >= 0.6 is 11.6 Å². The summed E-state index contributed by atoms with van der Waals surface area (Å²) in [6.07, 6.45) is 1.04. The summed E-state index contributed by atoms with van der Waals surface area (Å²) >= 11 is 5.99. The smallest absolute Gasteiger partial charge is 0.123 e. The van der Waals surface area contributed by atoms with Gasteiger partial charge in [-0.15, -0.1) is 0 Å². The first-order valence-electron chi connectivity index (χ1n) is 6.77. The minimum Gasteiger partial charge on any atom is -0.488 e. The van der Waals surface area contributed by atoms with Gasteiger partial charge < -0.3 is 9.84 Å². The van der Waals surface area contributed by atoms with Crippen LogP contribution in [0, 0.1) is 0 Å². The Hall–Kier alpha value is -0.770. The Morgan fingerprint density at radius 1 is 1.47 bits per heavy atom. The maximum Gasteiger partial charge on any atom is 0.123 e. The summed E-state index contributed by atoms with van der Waals surface area (Å²) in [4.78, 5) is 2.22. The second-order valence-corrected chi connectivity index (χ2v) is 6.27. The monoisotopic (exact) mass is 283 g/mol. The van der Waals surface area contributed by atoms with Gasteiger partial charge in [-0.3, -0.25) is 4.90 Å². The summed E-state index contributed by atoms with van der Waals surface area (Å²) in [5.41, 5.74) is 0.502. The van der Waals surface area contributed by atoms with E-state index in [0.717, 1.165) is 30.3 Å². The number of likely N-dealkylation sites (N-methyl/N-ethyl adjacent to an activating group) is 1. The van der Waals surface area contributed by atoms with Crippen LogP contribution in [0.2, 0.25) is 5.02 Å². The van der Waals surface area contributed by atoms with Crippen LogP contribution in [0.3, 0.4) is 0 Å². The Kier molecular flexibility index (Phi) is 4.39. The number of ether oxygens (including phenoxy) is 1. The molecule has 3 nitrogen and oxygen atoms in total. The van der Waals surface area contributed by atoms with E-state index < -0.39 is 5.60 Å². The Morgan fingerprint density at radius 2 is 2.21 bits per heavy atom. The largest absolute Gasteiger partial charge is 0.488 e. The van der Waals surface area contributed by atoms with E-state index in [-0.39, 0.29) is 6.10 Å². The van der Waals surface area contributed by atoms with Crippen molar-refractivity contribution in [2.24, 2.45) is 0 Å². The van der Waals surface area contributed by atoms with E-state index in [1.54, 1.807) is 0 Å². The third-order valence-corrected chi connectivity index (χ3v) is 3.52. The minimum atomic E-state index is -0.676. The van der Waals surface area contributed by atoms with Gasteiger partial charge in [0.1, 0.15) is 11.9 Å². The van der Waals surface area contributed by atoms with Crippen LogP contribution in [-0.2, 0) is 6.42 Å². The van der Waals surface area contributed by atoms with Gasteiger partial charge in [-0.25, -0.2) is 0 Å². The number of benzene rings is 1. The molecule has 1 N–H and O–H groups in total. The lowest BCUT2D eigenvalue weighted by atomic mass is 10.1. The highest BCUT2D eigenvalue weighted by atomic mass is 35.5. The van der Waals surface area contributed by atoms with Crippen molar-refractivity contribution in [3.05, 3.63) is 28.8 Å². The van der Waals surface area contributed by atoms with Crippen LogP contribution in [-0.4, -0.2) is 41.3 Å². The molecule has 1 aromatic carbocycles. The summed E-state index contributed by atoms with van der Waals surface area (Å²) in [7, 11) is 0. The molecule has 106 valence electrons. The molecule has 1 aromatic rings. The van der Waals surface area contributed by atoms with Crippen LogP contribution in [0.5, 0.6) is 5.75 Å². The van der Waals surface area contributed by atoms with E-state index in [1.165, 1.54) is 5.56 Å². The van der Waals surface area contributed by atoms with E-state index in [2.05, 4.69) is 11.8 Å². The van der Waals surface area contributed by atoms with Gasteiger partial charge in [0.2, 0.25) is 0 Å². The molecule has 0 saturated heterocycles. The molecule has 0 aromatic heterocycles. The summed E-state index contributed by atoms with van der Waals surface area (Å²) in [6, 6.07) is 5.77. The van der Waals surface area contributed by atoms with Gasteiger partial charge >= 0.3 is 0 Å². The van der Waals surface area contributed by atoms with Crippen LogP contribution in [0.1, 0.15) is 26.3 Å². The molecule has 0 fully saturated rings. The lowest BCUT2D eigenvalue weighted by Crippen LogP contribution is -2.43. The molecule has 1 aliphatic rings. The van der Waals surface area contributed by atoms with E-state index in [1.807, 2.05) is 32.0 Å². The van der Waals surface area contributed by atoms with Crippen molar-refractivity contribution in [2.75, 3.05) is 19.6 Å². The first-order valence-corrected chi connectivity index (χ1v) is 7.15. The van der Waals surface area contributed by atoms with Crippen molar-refractivity contribution in [1.29, 1.82) is 0 Å². The Balaban J connectivity index is 1.95. The maximum atomic E-state index is 9.90. The highest BCUT2D eigenvalue weighted by Gasteiger charge is 2.26. The summed E-state index contributed by atoms with van der Waals surface area (Å²) in [5.74, 6) is 0.939. The van der Waals surface area contributed by atoms with E-state index in [0.29, 0.717) is 6.54 Å². The van der Waals surface area contributed by atoms with Crippen LogP contribution in [0.15, 0.2) is 18.2 Å². The summed E-state index contributed by atoms with van der Waals surface area (Å²) in [6.45, 7) is 8.15. The Labute approximate surface area is 120 Å². The normalized spacial score (nSPS) is 18.5. The van der Waals surface area contributed by atoms with Crippen molar-refractivity contribution in [1.82, 2.24) is 4.90 Å². The summed E-state index contributed by atoms with van der Waals surface area (Å²) in [5, 5.41) is 10.7. The lowest BCUT2D eigenvalue weighted by Gasteiger charge is -2.29. The van der Waals surface area contributed by atoms with Gasteiger partial charge in [-0.05, 0) is 44.2 Å². The molecule has 0 radical (unpaired) electrons. The number of halogens is 1. The topological polar surface area (TPSA) is 32.7 Å². The molecular formula is C15H22ClNO2. The molecule has 0 saturated carbocycles. The number of hydrogen-bond acceptors (Lipinski definition) is 3. The molecule has 0 spiro atoms. The fourth-order valence-electron chi connectivity index (χ4n) is 2.53. The zero-order chi connectivity index (χ0) is 14.0. The second kappa shape index (κ2) is 5.70. The molecule has 0 aliphatic carbocycles. The van der Waals surface area contributed by atoms with Gasteiger partial charge in [0.25, 0.3) is 0 Å². The van der Waals surface area contributed by atoms with Gasteiger partial charge in [-0.1, -0.05) is 18.5 Å². The van der Waals surface area contributed by atoms with Gasteiger partial charge in [0.05, 0.1) is 5.60 Å². The number of aliphatic hydroxyl groups is 1. The average Bonchev–Trinajstić information content (AvgIpc) is 2.67. The molecule has 0 amide bonds. The van der Waals surface area contributed by atoms with Crippen molar-refractivity contribution < 1.29 is 9.84 Å². The zero-order valence-corrected chi connectivity index (χ0v) is 12.6. The molecular weight excluding hydrogens is 262 g/mol. The molecule has 1 unspecified atom stereocenters. The molecule has 1 aliphatic heterocycles. The van der Waals surface area contributed by atoms with E-state index >= 15 is 0 Å². The van der Waals surface area contributed by atoms with Gasteiger partial charge in [-0.2, -0.15) is 0 Å². The summed E-state index contributed by atoms with van der Waals surface area (Å²) < 4.78 is 5.93. The van der Waals surface area contributed by atoms with Gasteiger partial charge in [0.15, 0.2) is 0 Å². The molecule has 0 bridgehead atoms. The quantitative estimate of drug-likeness (QED) is 0.902. The molecule has 4 heteroatoms. The first kappa shape index (κ1) is 14.6. The number of nitrogens with zero attached hydrogens (tertiary/aromatic N) is 1. The first-order chi connectivity index (χ1) is 8.87. The predicted molar refractivity (Wildman–Crippen MR) is 78.0 cm³/mol. The van der Waals surface area contributed by atoms with E-state index in [9.17, 15) is 5.11 Å². The minimum absolute atomic E-state index is 0.149. The zero-order valence-electron chi connectivity index (χ0n) is 11.8. The van der Waals surface area contributed by atoms with Gasteiger partial charge in [0, 0.05) is 24.5 Å². The van der Waals surface area contributed by atoms with Crippen LogP contribution in [0.25, 0.3) is 0 Å². The SMILES string of the molecule is CCN(CC1Cc2cc(Cl)ccc2O1)CC(C)(C)O. The van der Waals surface area contributed by atoms with Crippen molar-refractivity contribution in [2.45, 2.75) is 38.9 Å². The van der Waals surface area contributed by atoms with Crippen LogP contribution < -0.4 is 4.74 Å². The fraction of sp³-hybridized carbons (Fsp3) is 0.600. The van der Waals surface area contributed by atoms with Crippen molar-refractivity contribution >= 4 is 11.6 Å². The van der Waals surface area contributed by atoms with E-state index in [4.69, 9.17) is 16.3 Å². The highest BCUT2D eigenvalue weighted by molar-refractivity contribution is 6.30.